The Morgan fingerprint density at radius 1 is 1.32 bits per heavy atom. The van der Waals surface area contributed by atoms with Gasteiger partial charge in [-0.25, -0.2) is 4.79 Å². The lowest BCUT2D eigenvalue weighted by Crippen LogP contribution is -2.30. The van der Waals surface area contributed by atoms with Gasteiger partial charge in [0.25, 0.3) is 5.91 Å². The minimum absolute atomic E-state index is 0.00922. The van der Waals surface area contributed by atoms with E-state index in [2.05, 4.69) is 4.74 Å². The van der Waals surface area contributed by atoms with E-state index in [0.717, 1.165) is 17.9 Å². The van der Waals surface area contributed by atoms with Crippen LogP contribution in [0.4, 0.5) is 0 Å². The first-order valence-electron chi connectivity index (χ1n) is 8.52. The number of carbonyl (C=O) groups excluding carboxylic acids is 2. The molecule has 0 unspecified atom stereocenters. The van der Waals surface area contributed by atoms with Crippen LogP contribution >= 0.6 is 24.0 Å². The zero-order valence-electron chi connectivity index (χ0n) is 14.2. The second kappa shape index (κ2) is 8.15. The lowest BCUT2D eigenvalue weighted by Gasteiger charge is -2.17. The van der Waals surface area contributed by atoms with Gasteiger partial charge in [-0.1, -0.05) is 61.8 Å². The summed E-state index contributed by atoms with van der Waals surface area (Å²) in [6.07, 6.45) is 8.03. The number of nitrogens with zero attached hydrogens (tertiary/aromatic N) is 1. The summed E-state index contributed by atoms with van der Waals surface area (Å²) in [6.45, 7) is 0.716. The normalized spacial score (nSPS) is 19.9. The number of esters is 1. The molecule has 0 aromatic heterocycles. The van der Waals surface area contributed by atoms with E-state index in [4.69, 9.17) is 12.2 Å². The Hall–Kier alpha value is -1.66. The minimum atomic E-state index is -0.371. The number of methoxy groups -OCH3 is 1. The molecule has 25 heavy (non-hydrogen) atoms. The first kappa shape index (κ1) is 18.1. The maximum absolute atomic E-state index is 12.6. The molecule has 0 spiro atoms. The van der Waals surface area contributed by atoms with Crippen LogP contribution in [-0.2, 0) is 9.53 Å². The van der Waals surface area contributed by atoms with Crippen LogP contribution in [0.3, 0.4) is 0 Å². The molecule has 1 aromatic rings. The first-order valence-corrected chi connectivity index (χ1v) is 9.74. The van der Waals surface area contributed by atoms with Gasteiger partial charge in [0.05, 0.1) is 17.6 Å². The molecule has 2 aliphatic rings. The second-order valence-corrected chi connectivity index (χ2v) is 8.06. The number of hydrogen-bond acceptors (Lipinski definition) is 5. The van der Waals surface area contributed by atoms with Crippen molar-refractivity contribution in [1.82, 2.24) is 4.90 Å². The van der Waals surface area contributed by atoms with Gasteiger partial charge in [0, 0.05) is 6.54 Å². The highest BCUT2D eigenvalue weighted by molar-refractivity contribution is 8.26. The summed E-state index contributed by atoms with van der Waals surface area (Å²) in [4.78, 5) is 26.5. The van der Waals surface area contributed by atoms with Gasteiger partial charge in [-0.3, -0.25) is 9.69 Å². The number of benzene rings is 1. The first-order chi connectivity index (χ1) is 12.1. The fourth-order valence-corrected chi connectivity index (χ4v) is 4.60. The third-order valence-corrected chi connectivity index (χ3v) is 6.12. The average Bonchev–Trinajstić information content (AvgIpc) is 3.22. The summed E-state index contributed by atoms with van der Waals surface area (Å²) < 4.78 is 5.33. The summed E-state index contributed by atoms with van der Waals surface area (Å²) in [5, 5.41) is 0. The number of amides is 1. The molecule has 0 N–H and O–H groups in total. The molecule has 2 fully saturated rings. The van der Waals surface area contributed by atoms with Crippen LogP contribution in [0.1, 0.15) is 48.0 Å². The number of thiocarbonyl (C=S) groups is 1. The number of carbonyl (C=O) groups is 2. The molecular formula is C19H21NO3S2. The minimum Gasteiger partial charge on any atom is -0.465 e. The van der Waals surface area contributed by atoms with Crippen LogP contribution in [0.2, 0.25) is 0 Å². The lowest BCUT2D eigenvalue weighted by atomic mass is 10.0. The van der Waals surface area contributed by atoms with Crippen molar-refractivity contribution in [2.75, 3.05) is 13.7 Å². The van der Waals surface area contributed by atoms with Gasteiger partial charge in [-0.05, 0) is 36.1 Å². The third-order valence-electron chi connectivity index (χ3n) is 4.74. The van der Waals surface area contributed by atoms with E-state index < -0.39 is 0 Å². The Morgan fingerprint density at radius 2 is 2.00 bits per heavy atom. The zero-order chi connectivity index (χ0) is 17.8. The van der Waals surface area contributed by atoms with Crippen LogP contribution in [-0.4, -0.2) is 34.8 Å². The fraction of sp³-hybridized carbons (Fsp3) is 0.421. The van der Waals surface area contributed by atoms with Gasteiger partial charge < -0.3 is 4.74 Å². The van der Waals surface area contributed by atoms with E-state index in [1.165, 1.54) is 44.6 Å². The molecule has 0 atom stereocenters. The summed E-state index contributed by atoms with van der Waals surface area (Å²) >= 11 is 6.74. The molecule has 1 saturated carbocycles. The molecule has 0 radical (unpaired) electrons. The largest absolute Gasteiger partial charge is 0.465 e. The highest BCUT2D eigenvalue weighted by atomic mass is 32.2. The molecule has 6 heteroatoms. The molecule has 0 bridgehead atoms. The van der Waals surface area contributed by atoms with Gasteiger partial charge in [0.2, 0.25) is 0 Å². The van der Waals surface area contributed by atoms with Crippen molar-refractivity contribution >= 4 is 46.3 Å². The van der Waals surface area contributed by atoms with Crippen molar-refractivity contribution in [2.24, 2.45) is 5.92 Å². The van der Waals surface area contributed by atoms with Gasteiger partial charge in [0.15, 0.2) is 0 Å². The van der Waals surface area contributed by atoms with Gasteiger partial charge in [-0.15, -0.1) is 0 Å². The maximum atomic E-state index is 12.6. The third kappa shape index (κ3) is 4.30. The van der Waals surface area contributed by atoms with Gasteiger partial charge in [0.1, 0.15) is 4.32 Å². The smallest absolute Gasteiger partial charge is 0.337 e. The molecule has 132 valence electrons. The van der Waals surface area contributed by atoms with Crippen LogP contribution in [0.15, 0.2) is 29.2 Å². The van der Waals surface area contributed by atoms with E-state index in [1.54, 1.807) is 29.2 Å². The average molecular weight is 376 g/mol. The van der Waals surface area contributed by atoms with Crippen LogP contribution < -0.4 is 0 Å². The maximum Gasteiger partial charge on any atom is 0.337 e. The summed E-state index contributed by atoms with van der Waals surface area (Å²) in [6, 6.07) is 6.99. The lowest BCUT2D eigenvalue weighted by molar-refractivity contribution is -0.122. The van der Waals surface area contributed by atoms with Crippen molar-refractivity contribution in [3.8, 4) is 0 Å². The summed E-state index contributed by atoms with van der Waals surface area (Å²) in [5.41, 5.74) is 1.35. The zero-order valence-corrected chi connectivity index (χ0v) is 15.8. The number of hydrogen-bond donors (Lipinski definition) is 0. The summed E-state index contributed by atoms with van der Waals surface area (Å²) in [7, 11) is 1.35. The second-order valence-electron chi connectivity index (χ2n) is 6.39. The number of ether oxygens (including phenoxy) is 1. The van der Waals surface area contributed by atoms with Crippen molar-refractivity contribution in [3.63, 3.8) is 0 Å². The van der Waals surface area contributed by atoms with Crippen LogP contribution in [0.5, 0.6) is 0 Å². The summed E-state index contributed by atoms with van der Waals surface area (Å²) in [5.74, 6) is 0.356. The Balaban J connectivity index is 1.66. The predicted octanol–water partition coefficient (Wildman–Crippen LogP) is 4.25. The standard InChI is InChI=1S/C19H21NO3S2/c1-23-18(22)15-8-6-14(7-9-15)12-16-17(21)20(19(24)25-16)11-10-13-4-2-3-5-13/h6-9,12-13H,2-5,10-11H2,1H3/b16-12+. The molecule has 3 rings (SSSR count). The molecule has 1 aromatic carbocycles. The quantitative estimate of drug-likeness (QED) is 0.437. The van der Waals surface area contributed by atoms with Gasteiger partial charge >= 0.3 is 5.97 Å². The Bertz CT molecular complexity index is 706. The molecule has 4 nitrogen and oxygen atoms in total. The van der Waals surface area contributed by atoms with E-state index in [0.29, 0.717) is 21.3 Å². The Kier molecular flexibility index (Phi) is 5.91. The van der Waals surface area contributed by atoms with Crippen LogP contribution in [0, 0.1) is 5.92 Å². The Morgan fingerprint density at radius 3 is 2.64 bits per heavy atom. The highest BCUT2D eigenvalue weighted by Crippen LogP contribution is 2.34. The van der Waals surface area contributed by atoms with Crippen LogP contribution in [0.25, 0.3) is 6.08 Å². The van der Waals surface area contributed by atoms with E-state index >= 15 is 0 Å². The van der Waals surface area contributed by atoms with E-state index in [-0.39, 0.29) is 11.9 Å². The van der Waals surface area contributed by atoms with Crippen molar-refractivity contribution < 1.29 is 14.3 Å². The molecule has 1 aliphatic heterocycles. The Labute approximate surface area is 157 Å². The van der Waals surface area contributed by atoms with E-state index in [9.17, 15) is 9.59 Å². The topological polar surface area (TPSA) is 46.6 Å². The molecule has 1 aliphatic carbocycles. The monoisotopic (exact) mass is 375 g/mol. The molecular weight excluding hydrogens is 354 g/mol. The molecule has 1 heterocycles. The van der Waals surface area contributed by atoms with Crippen molar-refractivity contribution in [3.05, 3.63) is 40.3 Å². The SMILES string of the molecule is COC(=O)c1ccc(/C=C2/SC(=S)N(CCC3CCCC3)C2=O)cc1. The number of thioether (sulfide) groups is 1. The van der Waals surface area contributed by atoms with Gasteiger partial charge in [-0.2, -0.15) is 0 Å². The predicted molar refractivity (Wildman–Crippen MR) is 104 cm³/mol. The fourth-order valence-electron chi connectivity index (χ4n) is 3.29. The van der Waals surface area contributed by atoms with Crippen molar-refractivity contribution in [2.45, 2.75) is 32.1 Å². The highest BCUT2D eigenvalue weighted by Gasteiger charge is 2.32. The van der Waals surface area contributed by atoms with Crippen molar-refractivity contribution in [1.29, 1.82) is 0 Å². The molecule has 1 amide bonds. The van der Waals surface area contributed by atoms with E-state index in [1.807, 2.05) is 6.08 Å². The molecule has 1 saturated heterocycles. The number of rotatable bonds is 5.